The summed E-state index contributed by atoms with van der Waals surface area (Å²) in [5.41, 5.74) is 5.13. The molecule has 0 spiro atoms. The highest BCUT2D eigenvalue weighted by Crippen LogP contribution is 2.33. The molecule has 3 aromatic rings. The zero-order valence-electron chi connectivity index (χ0n) is 22.8. The number of likely N-dealkylation sites (tertiary alicyclic amines) is 1. The van der Waals surface area contributed by atoms with Gasteiger partial charge in [-0.1, -0.05) is 17.3 Å². The largest absolute Gasteiger partial charge is 0.491 e. The molecule has 10 nitrogen and oxygen atoms in total. The van der Waals surface area contributed by atoms with Gasteiger partial charge in [0.15, 0.2) is 5.82 Å². The number of aliphatic hydroxyl groups excluding tert-OH is 1. The van der Waals surface area contributed by atoms with Crippen LogP contribution in [0.5, 0.6) is 5.75 Å². The molecule has 4 rings (SSSR count). The molecule has 0 bridgehead atoms. The topological polar surface area (TPSA) is 123 Å². The van der Waals surface area contributed by atoms with Crippen molar-refractivity contribution < 1.29 is 23.9 Å². The zero-order chi connectivity index (χ0) is 27.2. The van der Waals surface area contributed by atoms with Gasteiger partial charge in [-0.05, 0) is 71.2 Å². The van der Waals surface area contributed by atoms with Gasteiger partial charge in [-0.25, -0.2) is 14.8 Å². The van der Waals surface area contributed by atoms with Crippen LogP contribution in [0.2, 0.25) is 0 Å². The first kappa shape index (κ1) is 27.5. The van der Waals surface area contributed by atoms with E-state index in [2.05, 4.69) is 10.5 Å². The van der Waals surface area contributed by atoms with Crippen molar-refractivity contribution in [1.82, 2.24) is 25.3 Å². The van der Waals surface area contributed by atoms with E-state index >= 15 is 0 Å². The monoisotopic (exact) mass is 523 g/mol. The number of hydrogen-bond acceptors (Lipinski definition) is 9. The van der Waals surface area contributed by atoms with Gasteiger partial charge in [0.1, 0.15) is 24.2 Å². The average Bonchev–Trinajstić information content (AvgIpc) is 3.50. The van der Waals surface area contributed by atoms with Crippen LogP contribution in [0.1, 0.15) is 36.1 Å². The predicted molar refractivity (Wildman–Crippen MR) is 143 cm³/mol. The number of rotatable bonds is 10. The summed E-state index contributed by atoms with van der Waals surface area (Å²) in [5, 5.41) is 17.1. The molecule has 3 heterocycles. The molecule has 1 fully saturated rings. The summed E-state index contributed by atoms with van der Waals surface area (Å²) in [7, 11) is 1.78. The molecule has 0 saturated carbocycles. The first-order valence-corrected chi connectivity index (χ1v) is 13.1. The van der Waals surface area contributed by atoms with Crippen LogP contribution >= 0.6 is 0 Å². The number of nitrogens with zero attached hydrogens (tertiary/aromatic N) is 4. The van der Waals surface area contributed by atoms with Crippen LogP contribution < -0.4 is 10.1 Å². The molecule has 2 unspecified atom stereocenters. The molecule has 1 aliphatic rings. The van der Waals surface area contributed by atoms with Crippen LogP contribution in [-0.2, 0) is 11.2 Å². The number of aromatic nitrogens is 3. The van der Waals surface area contributed by atoms with Gasteiger partial charge >= 0.3 is 6.09 Å². The molecule has 0 radical (unpaired) electrons. The summed E-state index contributed by atoms with van der Waals surface area (Å²) in [5.74, 6) is 2.16. The van der Waals surface area contributed by atoms with Gasteiger partial charge in [0.25, 0.3) is 0 Å². The summed E-state index contributed by atoms with van der Waals surface area (Å²) in [6.07, 6.45) is 0.720. The van der Waals surface area contributed by atoms with Crippen molar-refractivity contribution in [2.24, 2.45) is 5.92 Å². The fourth-order valence-corrected chi connectivity index (χ4v) is 4.82. The Morgan fingerprint density at radius 2 is 2.11 bits per heavy atom. The molecular weight excluding hydrogens is 486 g/mol. The van der Waals surface area contributed by atoms with E-state index in [0.29, 0.717) is 50.0 Å². The van der Waals surface area contributed by atoms with Gasteiger partial charge < -0.3 is 29.3 Å². The SMILES string of the molecule is CCOC(=O)N1CCC(Cc2nc(-c3cccc(OCC(O)CNC)c3)nc(-c3c(C)noc3C)c2C)C1. The van der Waals surface area contributed by atoms with Crippen LogP contribution in [0.15, 0.2) is 28.8 Å². The minimum Gasteiger partial charge on any atom is -0.491 e. The quantitative estimate of drug-likeness (QED) is 0.409. The third kappa shape index (κ3) is 6.31. The molecule has 2 atom stereocenters. The van der Waals surface area contributed by atoms with Gasteiger partial charge in [-0.15, -0.1) is 0 Å². The molecule has 38 heavy (non-hydrogen) atoms. The van der Waals surface area contributed by atoms with Crippen LogP contribution in [0.4, 0.5) is 4.79 Å². The highest BCUT2D eigenvalue weighted by Gasteiger charge is 2.29. The zero-order valence-corrected chi connectivity index (χ0v) is 22.8. The Kier molecular flexibility index (Phi) is 8.96. The fraction of sp³-hybridized carbons (Fsp3) is 0.500. The lowest BCUT2D eigenvalue weighted by atomic mass is 9.96. The van der Waals surface area contributed by atoms with Crippen molar-refractivity contribution in [1.29, 1.82) is 0 Å². The van der Waals surface area contributed by atoms with Gasteiger partial charge in [0, 0.05) is 30.9 Å². The van der Waals surface area contributed by atoms with E-state index in [1.807, 2.05) is 52.0 Å². The van der Waals surface area contributed by atoms with E-state index < -0.39 is 6.10 Å². The molecule has 1 aliphatic heterocycles. The summed E-state index contributed by atoms with van der Waals surface area (Å²) < 4.78 is 16.5. The number of likely N-dealkylation sites (N-methyl/N-ethyl adjacent to an activating group) is 1. The Balaban J connectivity index is 1.67. The van der Waals surface area contributed by atoms with Gasteiger partial charge in [-0.3, -0.25) is 0 Å². The third-order valence-electron chi connectivity index (χ3n) is 6.79. The number of nitrogens with one attached hydrogen (secondary N) is 1. The Morgan fingerprint density at radius 1 is 1.29 bits per heavy atom. The first-order valence-electron chi connectivity index (χ1n) is 13.1. The highest BCUT2D eigenvalue weighted by molar-refractivity contribution is 5.71. The van der Waals surface area contributed by atoms with Crippen molar-refractivity contribution >= 4 is 6.09 Å². The van der Waals surface area contributed by atoms with Crippen molar-refractivity contribution in [3.05, 3.63) is 47.0 Å². The number of ether oxygens (including phenoxy) is 2. The minimum atomic E-state index is -0.613. The normalized spacial score (nSPS) is 16.1. The lowest BCUT2D eigenvalue weighted by Gasteiger charge is -2.18. The fourth-order valence-electron chi connectivity index (χ4n) is 4.82. The molecular formula is C28H37N5O5. The second-order valence-electron chi connectivity index (χ2n) is 9.72. The Bertz CT molecular complexity index is 1240. The van der Waals surface area contributed by atoms with Crippen molar-refractivity contribution in [2.45, 2.75) is 46.6 Å². The molecule has 1 amide bonds. The maximum absolute atomic E-state index is 12.2. The number of carbonyl (C=O) groups excluding carboxylic acids is 1. The molecule has 1 saturated heterocycles. The second-order valence-corrected chi connectivity index (χ2v) is 9.72. The summed E-state index contributed by atoms with van der Waals surface area (Å²) >= 11 is 0. The average molecular weight is 524 g/mol. The van der Waals surface area contributed by atoms with Crippen molar-refractivity contribution in [2.75, 3.05) is 39.9 Å². The van der Waals surface area contributed by atoms with E-state index in [1.54, 1.807) is 11.9 Å². The lowest BCUT2D eigenvalue weighted by Crippen LogP contribution is -2.29. The Hall–Kier alpha value is -3.50. The standard InChI is InChI=1S/C28H37N5O5/c1-6-36-28(35)33-11-10-20(15-33)12-24-17(2)26(25-18(3)32-38-19(25)4)31-27(30-24)21-8-7-9-23(13-21)37-16-22(34)14-29-5/h7-9,13,20,22,29,34H,6,10-12,14-16H2,1-5H3. The molecule has 2 aromatic heterocycles. The van der Waals surface area contributed by atoms with E-state index in [0.717, 1.165) is 40.2 Å². The number of carbonyl (C=O) groups is 1. The van der Waals surface area contributed by atoms with Gasteiger partial charge in [-0.2, -0.15) is 0 Å². The number of benzene rings is 1. The van der Waals surface area contributed by atoms with E-state index in [4.69, 9.17) is 24.0 Å². The Morgan fingerprint density at radius 3 is 2.82 bits per heavy atom. The highest BCUT2D eigenvalue weighted by atomic mass is 16.6. The molecule has 0 aliphatic carbocycles. The van der Waals surface area contributed by atoms with Crippen LogP contribution in [0, 0.1) is 26.7 Å². The number of amides is 1. The van der Waals surface area contributed by atoms with Crippen molar-refractivity contribution in [3.63, 3.8) is 0 Å². The molecule has 2 N–H and O–H groups in total. The number of hydrogen-bond donors (Lipinski definition) is 2. The minimum absolute atomic E-state index is 0.174. The van der Waals surface area contributed by atoms with Crippen LogP contribution in [-0.4, -0.2) is 77.2 Å². The second kappa shape index (κ2) is 12.4. The van der Waals surface area contributed by atoms with Crippen LogP contribution in [0.3, 0.4) is 0 Å². The Labute approximate surface area is 223 Å². The van der Waals surface area contributed by atoms with E-state index in [-0.39, 0.29) is 18.6 Å². The summed E-state index contributed by atoms with van der Waals surface area (Å²) in [4.78, 5) is 24.0. The maximum atomic E-state index is 12.2. The predicted octanol–water partition coefficient (Wildman–Crippen LogP) is 3.70. The van der Waals surface area contributed by atoms with Gasteiger partial charge in [0.2, 0.25) is 0 Å². The first-order chi connectivity index (χ1) is 18.3. The van der Waals surface area contributed by atoms with E-state index in [1.165, 1.54) is 0 Å². The molecule has 10 heteroatoms. The van der Waals surface area contributed by atoms with Gasteiger partial charge in [0.05, 0.1) is 23.6 Å². The third-order valence-corrected chi connectivity index (χ3v) is 6.79. The molecule has 204 valence electrons. The summed E-state index contributed by atoms with van der Waals surface area (Å²) in [6, 6.07) is 7.57. The van der Waals surface area contributed by atoms with Crippen LogP contribution in [0.25, 0.3) is 22.6 Å². The smallest absolute Gasteiger partial charge is 0.409 e. The maximum Gasteiger partial charge on any atom is 0.409 e. The number of aliphatic hydroxyl groups is 1. The summed E-state index contributed by atoms with van der Waals surface area (Å²) in [6.45, 7) is 9.94. The molecule has 1 aromatic carbocycles. The van der Waals surface area contributed by atoms with E-state index in [9.17, 15) is 9.90 Å². The van der Waals surface area contributed by atoms with Crippen molar-refractivity contribution in [3.8, 4) is 28.4 Å². The number of aryl methyl sites for hydroxylation is 2. The lowest BCUT2D eigenvalue weighted by molar-refractivity contribution is 0.108.